The lowest BCUT2D eigenvalue weighted by molar-refractivity contribution is 0.175. The maximum atomic E-state index is 8.79. The molecule has 0 bridgehead atoms. The predicted octanol–water partition coefficient (Wildman–Crippen LogP) is 1.86. The van der Waals surface area contributed by atoms with E-state index in [1.54, 1.807) is 11.3 Å². The minimum atomic E-state index is -0.0796. The Morgan fingerprint density at radius 3 is 2.74 bits per heavy atom. The van der Waals surface area contributed by atoms with E-state index in [9.17, 15) is 0 Å². The zero-order chi connectivity index (χ0) is 14.3. The first-order valence-electron chi connectivity index (χ1n) is 6.63. The van der Waals surface area contributed by atoms with Crippen molar-refractivity contribution in [2.24, 2.45) is 0 Å². The summed E-state index contributed by atoms with van der Waals surface area (Å²) in [7, 11) is 4.21. The molecule has 0 fully saturated rings. The molecule has 1 heterocycles. The molecule has 0 aliphatic carbocycles. The van der Waals surface area contributed by atoms with Gasteiger partial charge in [-0.05, 0) is 39.0 Å². The number of nitrogens with zero attached hydrogens (tertiary/aromatic N) is 2. The first kappa shape index (κ1) is 16.2. The summed E-state index contributed by atoms with van der Waals surface area (Å²) in [4.78, 5) is 5.96. The highest BCUT2D eigenvalue weighted by atomic mass is 32.1. The van der Waals surface area contributed by atoms with Crippen LogP contribution in [-0.2, 0) is 6.54 Å². The van der Waals surface area contributed by atoms with E-state index in [0.29, 0.717) is 6.04 Å². The molecule has 1 atom stereocenters. The van der Waals surface area contributed by atoms with Crippen LogP contribution in [0.4, 0.5) is 0 Å². The van der Waals surface area contributed by atoms with Gasteiger partial charge in [-0.25, -0.2) is 0 Å². The number of rotatable bonds is 6. The second-order valence-corrected chi connectivity index (χ2v) is 5.89. The quantitative estimate of drug-likeness (QED) is 0.806. The summed E-state index contributed by atoms with van der Waals surface area (Å²) in [5, 5.41) is 10.9. The van der Waals surface area contributed by atoms with E-state index in [-0.39, 0.29) is 6.61 Å². The summed E-state index contributed by atoms with van der Waals surface area (Å²) < 4.78 is 0. The summed E-state index contributed by atoms with van der Waals surface area (Å²) >= 11 is 1.74. The van der Waals surface area contributed by atoms with Crippen LogP contribution in [0, 0.1) is 11.8 Å². The van der Waals surface area contributed by atoms with Gasteiger partial charge in [-0.15, -0.1) is 11.3 Å². The van der Waals surface area contributed by atoms with Crippen molar-refractivity contribution in [2.45, 2.75) is 26.4 Å². The molecule has 0 saturated carbocycles. The Bertz CT molecular complexity index is 431. The molecule has 0 saturated heterocycles. The lowest BCUT2D eigenvalue weighted by atomic mass is 10.2. The van der Waals surface area contributed by atoms with Crippen LogP contribution in [0.15, 0.2) is 11.4 Å². The van der Waals surface area contributed by atoms with Crippen LogP contribution < -0.4 is 0 Å². The van der Waals surface area contributed by atoms with E-state index in [0.717, 1.165) is 25.2 Å². The van der Waals surface area contributed by atoms with Gasteiger partial charge in [0.15, 0.2) is 0 Å². The average Bonchev–Trinajstić information content (AvgIpc) is 2.79. The van der Waals surface area contributed by atoms with E-state index in [1.165, 1.54) is 4.88 Å². The summed E-state index contributed by atoms with van der Waals surface area (Å²) in [5.41, 5.74) is 1.05. The molecular formula is C15H24N2OS. The Balaban J connectivity index is 2.73. The number of hydrogen-bond acceptors (Lipinski definition) is 4. The Morgan fingerprint density at radius 2 is 2.16 bits per heavy atom. The number of likely N-dealkylation sites (N-methyl/N-ethyl adjacent to an activating group) is 2. The molecule has 0 aromatic carbocycles. The summed E-state index contributed by atoms with van der Waals surface area (Å²) in [5.74, 6) is 5.75. The number of aliphatic hydroxyl groups excluding tert-OH is 1. The predicted molar refractivity (Wildman–Crippen MR) is 82.4 cm³/mol. The Labute approximate surface area is 120 Å². The molecule has 0 aliphatic rings. The third kappa shape index (κ3) is 5.33. The molecule has 3 nitrogen and oxygen atoms in total. The molecule has 0 radical (unpaired) electrons. The number of hydrogen-bond donors (Lipinski definition) is 1. The van der Waals surface area contributed by atoms with Gasteiger partial charge in [0, 0.05) is 29.6 Å². The van der Waals surface area contributed by atoms with Crippen LogP contribution in [0.3, 0.4) is 0 Å². The molecule has 1 unspecified atom stereocenters. The molecule has 1 aromatic rings. The largest absolute Gasteiger partial charge is 0.384 e. The molecule has 1 aromatic heterocycles. The van der Waals surface area contributed by atoms with Crippen LogP contribution in [0.5, 0.6) is 0 Å². The van der Waals surface area contributed by atoms with Gasteiger partial charge in [0.2, 0.25) is 0 Å². The van der Waals surface area contributed by atoms with Crippen LogP contribution in [0.25, 0.3) is 0 Å². The second-order valence-electron chi connectivity index (χ2n) is 4.89. The standard InChI is InChI=1S/C15H24N2OS/c1-5-17(13(2)11-16(3)4)12-15-14(7-6-9-18)8-10-19-15/h8,10,13,18H,5,9,11-12H2,1-4H3. The molecule has 0 amide bonds. The van der Waals surface area contributed by atoms with E-state index in [1.807, 2.05) is 6.07 Å². The van der Waals surface area contributed by atoms with Crippen molar-refractivity contribution in [3.8, 4) is 11.8 Å². The fourth-order valence-corrected chi connectivity index (χ4v) is 2.97. The smallest absolute Gasteiger partial charge is 0.104 e. The van der Waals surface area contributed by atoms with Gasteiger partial charge in [0.25, 0.3) is 0 Å². The highest BCUT2D eigenvalue weighted by Gasteiger charge is 2.15. The van der Waals surface area contributed by atoms with Crippen LogP contribution in [0.1, 0.15) is 24.3 Å². The Hall–Kier alpha value is -0.860. The minimum Gasteiger partial charge on any atom is -0.384 e. The molecule has 106 valence electrons. The monoisotopic (exact) mass is 280 g/mol. The SMILES string of the molecule is CCN(Cc1sccc1C#CCO)C(C)CN(C)C. The van der Waals surface area contributed by atoms with Gasteiger partial charge in [-0.1, -0.05) is 18.8 Å². The van der Waals surface area contributed by atoms with Gasteiger partial charge in [-0.2, -0.15) is 0 Å². The molecule has 4 heteroatoms. The highest BCUT2D eigenvalue weighted by molar-refractivity contribution is 7.10. The topological polar surface area (TPSA) is 26.7 Å². The summed E-state index contributed by atoms with van der Waals surface area (Å²) in [6.45, 7) is 7.38. The summed E-state index contributed by atoms with van der Waals surface area (Å²) in [6, 6.07) is 2.55. The zero-order valence-corrected chi connectivity index (χ0v) is 13.1. The van der Waals surface area contributed by atoms with Crippen molar-refractivity contribution in [1.82, 2.24) is 9.80 Å². The van der Waals surface area contributed by atoms with Crippen molar-refractivity contribution < 1.29 is 5.11 Å². The van der Waals surface area contributed by atoms with E-state index >= 15 is 0 Å². The van der Waals surface area contributed by atoms with Crippen molar-refractivity contribution in [1.29, 1.82) is 0 Å². The molecule has 0 aliphatic heterocycles. The molecule has 1 rings (SSSR count). The van der Waals surface area contributed by atoms with Gasteiger partial charge >= 0.3 is 0 Å². The minimum absolute atomic E-state index is 0.0796. The van der Waals surface area contributed by atoms with Gasteiger partial charge in [0.1, 0.15) is 6.61 Å². The van der Waals surface area contributed by atoms with Crippen molar-refractivity contribution >= 4 is 11.3 Å². The third-order valence-corrected chi connectivity index (χ3v) is 3.96. The Morgan fingerprint density at radius 1 is 1.42 bits per heavy atom. The van der Waals surface area contributed by atoms with Crippen molar-refractivity contribution in [3.05, 3.63) is 21.9 Å². The molecule has 1 N–H and O–H groups in total. The maximum absolute atomic E-state index is 8.79. The molecular weight excluding hydrogens is 256 g/mol. The average molecular weight is 280 g/mol. The maximum Gasteiger partial charge on any atom is 0.104 e. The van der Waals surface area contributed by atoms with Crippen LogP contribution >= 0.6 is 11.3 Å². The third-order valence-electron chi connectivity index (χ3n) is 3.05. The highest BCUT2D eigenvalue weighted by Crippen LogP contribution is 2.19. The number of aliphatic hydroxyl groups is 1. The zero-order valence-electron chi connectivity index (χ0n) is 12.3. The van der Waals surface area contributed by atoms with Crippen LogP contribution in [0.2, 0.25) is 0 Å². The number of thiophene rings is 1. The first-order chi connectivity index (χ1) is 9.08. The van der Waals surface area contributed by atoms with Crippen molar-refractivity contribution in [3.63, 3.8) is 0 Å². The fraction of sp³-hybridized carbons (Fsp3) is 0.600. The van der Waals surface area contributed by atoms with Gasteiger partial charge in [-0.3, -0.25) is 4.90 Å². The first-order valence-corrected chi connectivity index (χ1v) is 7.51. The van der Waals surface area contributed by atoms with Gasteiger partial charge in [0.05, 0.1) is 0 Å². The lowest BCUT2D eigenvalue weighted by Gasteiger charge is -2.29. The van der Waals surface area contributed by atoms with Crippen LogP contribution in [-0.4, -0.2) is 54.7 Å². The molecule has 19 heavy (non-hydrogen) atoms. The fourth-order valence-electron chi connectivity index (χ4n) is 2.12. The van der Waals surface area contributed by atoms with E-state index < -0.39 is 0 Å². The summed E-state index contributed by atoms with van der Waals surface area (Å²) in [6.07, 6.45) is 0. The van der Waals surface area contributed by atoms with E-state index in [4.69, 9.17) is 5.11 Å². The lowest BCUT2D eigenvalue weighted by Crippen LogP contribution is -2.39. The molecule has 0 spiro atoms. The second kappa shape index (κ2) is 8.34. The normalized spacial score (nSPS) is 12.6. The van der Waals surface area contributed by atoms with Gasteiger partial charge < -0.3 is 10.0 Å². The van der Waals surface area contributed by atoms with E-state index in [2.05, 4.69) is 55.0 Å². The van der Waals surface area contributed by atoms with Crippen molar-refractivity contribution in [2.75, 3.05) is 33.8 Å². The Kier molecular flexibility index (Phi) is 7.11.